The van der Waals surface area contributed by atoms with Crippen molar-refractivity contribution in [2.75, 3.05) is 31.5 Å². The van der Waals surface area contributed by atoms with Crippen molar-refractivity contribution >= 4 is 42.3 Å². The molecule has 0 spiro atoms. The average Bonchev–Trinajstić information content (AvgIpc) is 3.08. The molecule has 28 heavy (non-hydrogen) atoms. The first kappa shape index (κ1) is 24.6. The van der Waals surface area contributed by atoms with Crippen LogP contribution in [0.25, 0.3) is 0 Å². The van der Waals surface area contributed by atoms with E-state index in [9.17, 15) is 14.0 Å². The molecule has 6 nitrogen and oxygen atoms in total. The number of anilines is 1. The van der Waals surface area contributed by atoms with Crippen LogP contribution < -0.4 is 11.1 Å². The van der Waals surface area contributed by atoms with Gasteiger partial charge < -0.3 is 16.0 Å². The van der Waals surface area contributed by atoms with Gasteiger partial charge in [0.05, 0.1) is 11.6 Å². The van der Waals surface area contributed by atoms with Crippen LogP contribution in [0.2, 0.25) is 0 Å². The first-order chi connectivity index (χ1) is 12.4. The molecule has 1 heterocycles. The predicted molar refractivity (Wildman–Crippen MR) is 113 cm³/mol. The summed E-state index contributed by atoms with van der Waals surface area (Å²) in [5.74, 6) is -0.516. The van der Waals surface area contributed by atoms with Gasteiger partial charge in [-0.2, -0.15) is 0 Å². The summed E-state index contributed by atoms with van der Waals surface area (Å²) in [7, 11) is 0. The summed E-state index contributed by atoms with van der Waals surface area (Å²) in [5.41, 5.74) is 6.03. The van der Waals surface area contributed by atoms with Gasteiger partial charge >= 0.3 is 0 Å². The number of piperazine rings is 1. The van der Waals surface area contributed by atoms with Gasteiger partial charge in [-0.3, -0.25) is 14.5 Å². The molecule has 1 saturated carbocycles. The van der Waals surface area contributed by atoms with Crippen LogP contribution in [-0.4, -0.2) is 59.4 Å². The van der Waals surface area contributed by atoms with E-state index in [0.29, 0.717) is 31.9 Å². The normalized spacial score (nSPS) is 19.9. The lowest BCUT2D eigenvalue weighted by molar-refractivity contribution is -0.139. The van der Waals surface area contributed by atoms with Crippen LogP contribution in [0.15, 0.2) is 24.3 Å². The fourth-order valence-corrected chi connectivity index (χ4v) is 3.83. The molecular weight excluding hydrogens is 406 g/mol. The zero-order chi connectivity index (χ0) is 18.7. The van der Waals surface area contributed by atoms with E-state index in [4.69, 9.17) is 5.73 Å². The molecule has 9 heteroatoms. The Morgan fingerprint density at radius 3 is 2.32 bits per heavy atom. The zero-order valence-corrected chi connectivity index (χ0v) is 17.7. The van der Waals surface area contributed by atoms with Crippen molar-refractivity contribution < 1.29 is 14.0 Å². The van der Waals surface area contributed by atoms with E-state index in [0.717, 1.165) is 25.7 Å². The SMILES string of the molecule is CC(C(=O)Nc1cccc(F)c1)N1CCN(C(=O)C2(N)CCCC2)CC1.Cl.Cl. The minimum Gasteiger partial charge on any atom is -0.339 e. The molecule has 1 aliphatic carbocycles. The molecule has 1 aromatic carbocycles. The third kappa shape index (κ3) is 5.56. The topological polar surface area (TPSA) is 78.7 Å². The maximum atomic E-state index is 13.2. The molecule has 2 amide bonds. The summed E-state index contributed by atoms with van der Waals surface area (Å²) in [6, 6.07) is 5.50. The Morgan fingerprint density at radius 2 is 1.75 bits per heavy atom. The molecule has 1 unspecified atom stereocenters. The summed E-state index contributed by atoms with van der Waals surface area (Å²) in [6.07, 6.45) is 3.55. The van der Waals surface area contributed by atoms with Crippen molar-refractivity contribution in [3.8, 4) is 0 Å². The standard InChI is InChI=1S/C19H27FN4O2.2ClH/c1-14(17(25)22-16-6-4-5-15(20)13-16)23-9-11-24(12-10-23)18(26)19(21)7-2-3-8-19;;/h4-6,13-14H,2-3,7-12,21H2,1H3,(H,22,25);2*1H. The van der Waals surface area contributed by atoms with Gasteiger partial charge in [-0.15, -0.1) is 24.8 Å². The highest BCUT2D eigenvalue weighted by Crippen LogP contribution is 2.29. The van der Waals surface area contributed by atoms with E-state index in [1.807, 2.05) is 16.7 Å². The summed E-state index contributed by atoms with van der Waals surface area (Å²) >= 11 is 0. The number of halogens is 3. The van der Waals surface area contributed by atoms with Gasteiger partial charge in [-0.05, 0) is 38.0 Å². The molecule has 2 aliphatic rings. The number of rotatable bonds is 4. The largest absolute Gasteiger partial charge is 0.339 e. The summed E-state index contributed by atoms with van der Waals surface area (Å²) in [5, 5.41) is 2.74. The van der Waals surface area contributed by atoms with Crippen LogP contribution in [0, 0.1) is 5.82 Å². The summed E-state index contributed by atoms with van der Waals surface area (Å²) in [6.45, 7) is 4.23. The Bertz CT molecular complexity index is 678. The van der Waals surface area contributed by atoms with Crippen molar-refractivity contribution in [2.45, 2.75) is 44.2 Å². The van der Waals surface area contributed by atoms with Crippen LogP contribution >= 0.6 is 24.8 Å². The van der Waals surface area contributed by atoms with E-state index in [1.165, 1.54) is 12.1 Å². The number of nitrogens with one attached hydrogen (secondary N) is 1. The number of carbonyl (C=O) groups excluding carboxylic acids is 2. The van der Waals surface area contributed by atoms with Crippen molar-refractivity contribution in [1.82, 2.24) is 9.80 Å². The van der Waals surface area contributed by atoms with Crippen LogP contribution in [0.4, 0.5) is 10.1 Å². The van der Waals surface area contributed by atoms with Gasteiger partial charge in [0, 0.05) is 31.9 Å². The molecule has 0 bridgehead atoms. The molecule has 3 N–H and O–H groups in total. The van der Waals surface area contributed by atoms with Crippen LogP contribution in [0.3, 0.4) is 0 Å². The maximum Gasteiger partial charge on any atom is 0.242 e. The van der Waals surface area contributed by atoms with Gasteiger partial charge in [0.2, 0.25) is 11.8 Å². The Labute approximate surface area is 177 Å². The van der Waals surface area contributed by atoms with Gasteiger partial charge in [0.1, 0.15) is 5.82 Å². The third-order valence-electron chi connectivity index (χ3n) is 5.54. The van der Waals surface area contributed by atoms with E-state index in [2.05, 4.69) is 5.32 Å². The highest BCUT2D eigenvalue weighted by molar-refractivity contribution is 5.94. The van der Waals surface area contributed by atoms with Gasteiger partial charge in [0.25, 0.3) is 0 Å². The first-order valence-corrected chi connectivity index (χ1v) is 9.28. The lowest BCUT2D eigenvalue weighted by Gasteiger charge is -2.40. The fourth-order valence-electron chi connectivity index (χ4n) is 3.83. The number of nitrogens with two attached hydrogens (primary N) is 1. The van der Waals surface area contributed by atoms with E-state index in [1.54, 1.807) is 12.1 Å². The van der Waals surface area contributed by atoms with Crippen molar-refractivity contribution in [2.24, 2.45) is 5.73 Å². The number of nitrogens with zero attached hydrogens (tertiary/aromatic N) is 2. The second-order valence-corrected chi connectivity index (χ2v) is 7.37. The van der Waals surface area contributed by atoms with Gasteiger partial charge in [-0.1, -0.05) is 18.9 Å². The fraction of sp³-hybridized carbons (Fsp3) is 0.579. The van der Waals surface area contributed by atoms with E-state index >= 15 is 0 Å². The Morgan fingerprint density at radius 1 is 1.14 bits per heavy atom. The molecule has 1 atom stereocenters. The van der Waals surface area contributed by atoms with E-state index < -0.39 is 5.54 Å². The Hall–Kier alpha value is -1.41. The first-order valence-electron chi connectivity index (χ1n) is 9.28. The molecule has 1 saturated heterocycles. The van der Waals surface area contributed by atoms with Crippen molar-refractivity contribution in [3.63, 3.8) is 0 Å². The molecule has 1 aliphatic heterocycles. The highest BCUT2D eigenvalue weighted by atomic mass is 35.5. The average molecular weight is 435 g/mol. The van der Waals surface area contributed by atoms with Crippen LogP contribution in [0.1, 0.15) is 32.6 Å². The van der Waals surface area contributed by atoms with Gasteiger partial charge in [0.15, 0.2) is 0 Å². The van der Waals surface area contributed by atoms with E-state index in [-0.39, 0.29) is 48.5 Å². The van der Waals surface area contributed by atoms with Gasteiger partial charge in [-0.25, -0.2) is 4.39 Å². The minimum absolute atomic E-state index is 0. The lowest BCUT2D eigenvalue weighted by atomic mass is 9.96. The third-order valence-corrected chi connectivity index (χ3v) is 5.54. The molecule has 1 aromatic rings. The van der Waals surface area contributed by atoms with Crippen LogP contribution in [0.5, 0.6) is 0 Å². The Balaban J connectivity index is 0.00000196. The minimum atomic E-state index is -0.692. The molecule has 2 fully saturated rings. The number of hydrogen-bond donors (Lipinski definition) is 2. The zero-order valence-electron chi connectivity index (χ0n) is 16.0. The number of benzene rings is 1. The van der Waals surface area contributed by atoms with Crippen molar-refractivity contribution in [3.05, 3.63) is 30.1 Å². The number of carbonyl (C=O) groups is 2. The highest BCUT2D eigenvalue weighted by Gasteiger charge is 2.41. The van der Waals surface area contributed by atoms with Crippen molar-refractivity contribution in [1.29, 1.82) is 0 Å². The molecule has 3 rings (SSSR count). The second kappa shape index (κ2) is 10.4. The second-order valence-electron chi connectivity index (χ2n) is 7.37. The van der Waals surface area contributed by atoms with Crippen LogP contribution in [-0.2, 0) is 9.59 Å². The quantitative estimate of drug-likeness (QED) is 0.762. The molecule has 0 aromatic heterocycles. The maximum absolute atomic E-state index is 13.2. The predicted octanol–water partition coefficient (Wildman–Crippen LogP) is 2.41. The smallest absolute Gasteiger partial charge is 0.242 e. The molecule has 0 radical (unpaired) electrons. The number of amides is 2. The Kier molecular flexibility index (Phi) is 9.14. The lowest BCUT2D eigenvalue weighted by Crippen LogP contribution is -2.60. The molecular formula is C19H29Cl2FN4O2. The number of hydrogen-bond acceptors (Lipinski definition) is 4. The molecule has 158 valence electrons. The summed E-state index contributed by atoms with van der Waals surface area (Å²) < 4.78 is 13.2. The monoisotopic (exact) mass is 434 g/mol. The summed E-state index contributed by atoms with van der Waals surface area (Å²) in [4.78, 5) is 29.0.